The van der Waals surface area contributed by atoms with Crippen molar-refractivity contribution in [1.82, 2.24) is 14.5 Å². The first-order valence-electron chi connectivity index (χ1n) is 7.46. The highest BCUT2D eigenvalue weighted by molar-refractivity contribution is 5.83. The Balaban J connectivity index is 1.95. The summed E-state index contributed by atoms with van der Waals surface area (Å²) in [6, 6.07) is 11.6. The number of imidazole rings is 1. The van der Waals surface area contributed by atoms with E-state index in [0.29, 0.717) is 17.5 Å². The van der Waals surface area contributed by atoms with Crippen LogP contribution in [0.15, 0.2) is 47.3 Å². The maximum Gasteiger partial charge on any atom is 0.248 e. The lowest BCUT2D eigenvalue weighted by Gasteiger charge is -2.10. The molecule has 0 aliphatic heterocycles. The number of nitrogens with zero attached hydrogens (tertiary/aromatic N) is 2. The number of H-pyrrole nitrogens is 1. The SMILES string of the molecule is Cc1nc2ccccc2n1Cc1cc(=O)[nH]c2c(F)c(F)ccc12. The van der Waals surface area contributed by atoms with Gasteiger partial charge in [0.05, 0.1) is 23.1 Å². The number of aryl methyl sites for hydroxylation is 1. The average molecular weight is 325 g/mol. The van der Waals surface area contributed by atoms with Gasteiger partial charge in [0.15, 0.2) is 11.6 Å². The largest absolute Gasteiger partial charge is 0.324 e. The third kappa shape index (κ3) is 2.19. The Kier molecular flexibility index (Phi) is 3.19. The molecule has 0 saturated heterocycles. The second kappa shape index (κ2) is 5.26. The monoisotopic (exact) mass is 325 g/mol. The van der Waals surface area contributed by atoms with E-state index in [-0.39, 0.29) is 5.52 Å². The number of pyridine rings is 1. The van der Waals surface area contributed by atoms with Crippen LogP contribution in [0.25, 0.3) is 21.9 Å². The number of aromatic nitrogens is 3. The van der Waals surface area contributed by atoms with Crippen LogP contribution in [0, 0.1) is 18.6 Å². The van der Waals surface area contributed by atoms with Crippen LogP contribution in [0.4, 0.5) is 8.78 Å². The Labute approximate surface area is 135 Å². The van der Waals surface area contributed by atoms with Crippen LogP contribution < -0.4 is 5.56 Å². The molecule has 0 atom stereocenters. The second-order valence-electron chi connectivity index (χ2n) is 5.68. The molecular weight excluding hydrogens is 312 g/mol. The minimum Gasteiger partial charge on any atom is -0.324 e. The van der Waals surface area contributed by atoms with Gasteiger partial charge < -0.3 is 9.55 Å². The molecule has 4 nitrogen and oxygen atoms in total. The number of benzene rings is 2. The fourth-order valence-corrected chi connectivity index (χ4v) is 3.03. The predicted molar refractivity (Wildman–Crippen MR) is 88.1 cm³/mol. The van der Waals surface area contributed by atoms with Crippen molar-refractivity contribution in [2.75, 3.05) is 0 Å². The lowest BCUT2D eigenvalue weighted by Crippen LogP contribution is -2.11. The van der Waals surface area contributed by atoms with Crippen LogP contribution in [0.1, 0.15) is 11.4 Å². The normalized spacial score (nSPS) is 11.5. The van der Waals surface area contributed by atoms with Crippen molar-refractivity contribution in [3.63, 3.8) is 0 Å². The molecule has 2 aromatic heterocycles. The average Bonchev–Trinajstić information content (AvgIpc) is 2.87. The molecule has 120 valence electrons. The zero-order valence-corrected chi connectivity index (χ0v) is 12.8. The van der Waals surface area contributed by atoms with Gasteiger partial charge in [0.25, 0.3) is 0 Å². The standard InChI is InChI=1S/C18H13F2N3O/c1-10-21-14-4-2-3-5-15(14)23(10)9-11-8-16(24)22-18-12(11)6-7-13(19)17(18)20/h2-8H,9H2,1H3,(H,22,24). The summed E-state index contributed by atoms with van der Waals surface area (Å²) in [5.74, 6) is -1.24. The van der Waals surface area contributed by atoms with E-state index in [4.69, 9.17) is 0 Å². The predicted octanol–water partition coefficient (Wildman–Crippen LogP) is 3.51. The molecule has 0 unspecified atom stereocenters. The molecular formula is C18H13F2N3O. The van der Waals surface area contributed by atoms with E-state index in [1.807, 2.05) is 35.8 Å². The number of nitrogens with one attached hydrogen (secondary N) is 1. The molecule has 2 aromatic carbocycles. The highest BCUT2D eigenvalue weighted by Crippen LogP contribution is 2.23. The van der Waals surface area contributed by atoms with Crippen molar-refractivity contribution in [1.29, 1.82) is 0 Å². The van der Waals surface area contributed by atoms with Gasteiger partial charge in [-0.2, -0.15) is 0 Å². The quantitative estimate of drug-likeness (QED) is 0.613. The summed E-state index contributed by atoms with van der Waals surface area (Å²) >= 11 is 0. The number of para-hydroxylation sites is 2. The van der Waals surface area contributed by atoms with Gasteiger partial charge in [-0.05, 0) is 36.8 Å². The molecule has 4 aromatic rings. The van der Waals surface area contributed by atoms with E-state index in [0.717, 1.165) is 22.9 Å². The third-order valence-electron chi connectivity index (χ3n) is 4.17. The lowest BCUT2D eigenvalue weighted by atomic mass is 10.1. The smallest absolute Gasteiger partial charge is 0.248 e. The van der Waals surface area contributed by atoms with Crippen molar-refractivity contribution in [3.05, 3.63) is 75.8 Å². The van der Waals surface area contributed by atoms with Gasteiger partial charge in [0.2, 0.25) is 5.56 Å². The fourth-order valence-electron chi connectivity index (χ4n) is 3.03. The van der Waals surface area contributed by atoms with E-state index in [1.165, 1.54) is 12.1 Å². The first kappa shape index (κ1) is 14.6. The van der Waals surface area contributed by atoms with E-state index >= 15 is 0 Å². The summed E-state index contributed by atoms with van der Waals surface area (Å²) in [6.07, 6.45) is 0. The molecule has 0 fully saturated rings. The van der Waals surface area contributed by atoms with Crippen LogP contribution in [0.3, 0.4) is 0 Å². The van der Waals surface area contributed by atoms with Crippen molar-refractivity contribution in [3.8, 4) is 0 Å². The minimum atomic E-state index is -1.04. The van der Waals surface area contributed by atoms with E-state index in [9.17, 15) is 13.6 Å². The zero-order valence-electron chi connectivity index (χ0n) is 12.8. The minimum absolute atomic E-state index is 0.112. The zero-order chi connectivity index (χ0) is 16.8. The molecule has 0 amide bonds. The molecule has 6 heteroatoms. The third-order valence-corrected chi connectivity index (χ3v) is 4.17. The highest BCUT2D eigenvalue weighted by atomic mass is 19.2. The van der Waals surface area contributed by atoms with Gasteiger partial charge >= 0.3 is 0 Å². The van der Waals surface area contributed by atoms with Gasteiger partial charge in [-0.25, -0.2) is 13.8 Å². The Bertz CT molecular complexity index is 1140. The topological polar surface area (TPSA) is 50.7 Å². The molecule has 4 rings (SSSR count). The van der Waals surface area contributed by atoms with E-state index in [1.54, 1.807) is 0 Å². The fraction of sp³-hybridized carbons (Fsp3) is 0.111. The summed E-state index contributed by atoms with van der Waals surface area (Å²) in [7, 11) is 0. The molecule has 24 heavy (non-hydrogen) atoms. The van der Waals surface area contributed by atoms with Crippen molar-refractivity contribution in [2.24, 2.45) is 0 Å². The summed E-state index contributed by atoms with van der Waals surface area (Å²) in [4.78, 5) is 18.7. The lowest BCUT2D eigenvalue weighted by molar-refractivity contribution is 0.515. The van der Waals surface area contributed by atoms with Gasteiger partial charge in [-0.3, -0.25) is 4.79 Å². The molecule has 0 aliphatic rings. The van der Waals surface area contributed by atoms with Crippen LogP contribution in [0.2, 0.25) is 0 Å². The van der Waals surface area contributed by atoms with Crippen LogP contribution in [-0.4, -0.2) is 14.5 Å². The first-order valence-corrected chi connectivity index (χ1v) is 7.46. The molecule has 0 radical (unpaired) electrons. The first-order chi connectivity index (χ1) is 11.5. The number of halogens is 2. The Morgan fingerprint density at radius 2 is 1.96 bits per heavy atom. The Hall–Kier alpha value is -3.02. The number of hydrogen-bond donors (Lipinski definition) is 1. The van der Waals surface area contributed by atoms with E-state index < -0.39 is 17.2 Å². The van der Waals surface area contributed by atoms with Crippen molar-refractivity contribution in [2.45, 2.75) is 13.5 Å². The molecule has 0 spiro atoms. The van der Waals surface area contributed by atoms with E-state index in [2.05, 4.69) is 9.97 Å². The number of rotatable bonds is 2. The second-order valence-corrected chi connectivity index (χ2v) is 5.68. The number of fused-ring (bicyclic) bond motifs is 2. The summed E-state index contributed by atoms with van der Waals surface area (Å²) < 4.78 is 29.4. The molecule has 2 heterocycles. The van der Waals surface area contributed by atoms with Gasteiger partial charge in [-0.15, -0.1) is 0 Å². The summed E-state index contributed by atoms with van der Waals surface area (Å²) in [5.41, 5.74) is 1.80. The number of hydrogen-bond acceptors (Lipinski definition) is 2. The molecule has 0 saturated carbocycles. The van der Waals surface area contributed by atoms with Crippen LogP contribution >= 0.6 is 0 Å². The van der Waals surface area contributed by atoms with Gasteiger partial charge in [0, 0.05) is 11.5 Å². The maximum absolute atomic E-state index is 14.0. The van der Waals surface area contributed by atoms with Crippen molar-refractivity contribution < 1.29 is 8.78 Å². The highest BCUT2D eigenvalue weighted by Gasteiger charge is 2.14. The molecule has 0 bridgehead atoms. The molecule has 0 aliphatic carbocycles. The van der Waals surface area contributed by atoms with Crippen LogP contribution in [-0.2, 0) is 6.54 Å². The van der Waals surface area contributed by atoms with Gasteiger partial charge in [-0.1, -0.05) is 12.1 Å². The molecule has 1 N–H and O–H groups in total. The maximum atomic E-state index is 14.0. The summed E-state index contributed by atoms with van der Waals surface area (Å²) in [5, 5.41) is 0.477. The summed E-state index contributed by atoms with van der Waals surface area (Å²) in [6.45, 7) is 2.22. The Morgan fingerprint density at radius 3 is 2.79 bits per heavy atom. The van der Waals surface area contributed by atoms with Crippen molar-refractivity contribution >= 4 is 21.9 Å². The van der Waals surface area contributed by atoms with Crippen LogP contribution in [0.5, 0.6) is 0 Å². The Morgan fingerprint density at radius 1 is 1.17 bits per heavy atom. The van der Waals surface area contributed by atoms with Gasteiger partial charge in [0.1, 0.15) is 5.82 Å². The number of aromatic amines is 1.